The topological polar surface area (TPSA) is 17.1 Å². The maximum atomic E-state index is 12.0. The second-order valence-corrected chi connectivity index (χ2v) is 6.13. The molecule has 108 valence electrons. The van der Waals surface area contributed by atoms with Gasteiger partial charge in [-0.05, 0) is 48.4 Å². The third kappa shape index (κ3) is 3.24. The Morgan fingerprint density at radius 2 is 1.86 bits per heavy atom. The van der Waals surface area contributed by atoms with E-state index in [0.29, 0.717) is 5.78 Å². The number of rotatable bonds is 3. The number of ketones is 1. The van der Waals surface area contributed by atoms with Crippen molar-refractivity contribution in [1.29, 1.82) is 0 Å². The number of benzene rings is 2. The lowest BCUT2D eigenvalue weighted by molar-refractivity contribution is -0.124. The van der Waals surface area contributed by atoms with E-state index < -0.39 is 0 Å². The summed E-state index contributed by atoms with van der Waals surface area (Å²) in [5.74, 6) is 0.702. The first-order valence-electron chi connectivity index (χ1n) is 7.92. The van der Waals surface area contributed by atoms with Gasteiger partial charge in [-0.25, -0.2) is 0 Å². The van der Waals surface area contributed by atoms with Crippen LogP contribution in [0.1, 0.15) is 36.8 Å². The first-order valence-corrected chi connectivity index (χ1v) is 7.92. The van der Waals surface area contributed by atoms with Crippen molar-refractivity contribution in [3.63, 3.8) is 0 Å². The summed E-state index contributed by atoms with van der Waals surface area (Å²) in [6, 6.07) is 17.1. The lowest BCUT2D eigenvalue weighted by Gasteiger charge is -2.21. The number of aryl methyl sites for hydroxylation is 1. The van der Waals surface area contributed by atoms with Crippen LogP contribution in [0.5, 0.6) is 0 Å². The predicted octanol–water partition coefficient (Wildman–Crippen LogP) is 4.96. The molecule has 1 saturated carbocycles. The van der Waals surface area contributed by atoms with Gasteiger partial charge in [0.25, 0.3) is 0 Å². The number of hydrogen-bond donors (Lipinski definition) is 0. The fourth-order valence-electron chi connectivity index (χ4n) is 3.28. The molecule has 0 bridgehead atoms. The maximum Gasteiger partial charge on any atom is 0.136 e. The SMILES string of the molecule is Cc1ccc(CC2CCCCC2=O)cc1-c1ccccc1. The summed E-state index contributed by atoms with van der Waals surface area (Å²) in [5.41, 5.74) is 5.13. The third-order valence-electron chi connectivity index (χ3n) is 4.55. The zero-order valence-corrected chi connectivity index (χ0v) is 12.6. The quantitative estimate of drug-likeness (QED) is 0.775. The van der Waals surface area contributed by atoms with E-state index >= 15 is 0 Å². The zero-order valence-electron chi connectivity index (χ0n) is 12.6. The van der Waals surface area contributed by atoms with Crippen LogP contribution in [0.2, 0.25) is 0 Å². The van der Waals surface area contributed by atoms with Crippen LogP contribution in [0.4, 0.5) is 0 Å². The lowest BCUT2D eigenvalue weighted by Crippen LogP contribution is -2.21. The predicted molar refractivity (Wildman–Crippen MR) is 87.3 cm³/mol. The lowest BCUT2D eigenvalue weighted by atomic mass is 9.83. The van der Waals surface area contributed by atoms with E-state index in [1.54, 1.807) is 0 Å². The van der Waals surface area contributed by atoms with Crippen LogP contribution in [0, 0.1) is 12.8 Å². The average molecular weight is 278 g/mol. The van der Waals surface area contributed by atoms with E-state index in [2.05, 4.69) is 49.4 Å². The Bertz CT molecular complexity index is 628. The van der Waals surface area contributed by atoms with Crippen LogP contribution in [-0.2, 0) is 11.2 Å². The summed E-state index contributed by atoms with van der Waals surface area (Å²) < 4.78 is 0. The molecule has 0 spiro atoms. The zero-order chi connectivity index (χ0) is 14.7. The molecule has 21 heavy (non-hydrogen) atoms. The Hall–Kier alpha value is -1.89. The van der Waals surface area contributed by atoms with Gasteiger partial charge in [-0.2, -0.15) is 0 Å². The fourth-order valence-corrected chi connectivity index (χ4v) is 3.28. The molecule has 2 aromatic rings. The van der Waals surface area contributed by atoms with E-state index in [4.69, 9.17) is 0 Å². The van der Waals surface area contributed by atoms with Gasteiger partial charge in [0.15, 0.2) is 0 Å². The molecule has 0 saturated heterocycles. The van der Waals surface area contributed by atoms with Crippen molar-refractivity contribution in [1.82, 2.24) is 0 Å². The van der Waals surface area contributed by atoms with Gasteiger partial charge in [-0.3, -0.25) is 4.79 Å². The molecule has 1 fully saturated rings. The molecule has 1 heteroatoms. The summed E-state index contributed by atoms with van der Waals surface area (Å²) in [4.78, 5) is 12.0. The minimum Gasteiger partial charge on any atom is -0.299 e. The maximum absolute atomic E-state index is 12.0. The van der Waals surface area contributed by atoms with Crippen LogP contribution in [-0.4, -0.2) is 5.78 Å². The molecule has 3 rings (SSSR count). The molecular weight excluding hydrogens is 256 g/mol. The summed E-state index contributed by atoms with van der Waals surface area (Å²) in [5, 5.41) is 0. The first kappa shape index (κ1) is 14.1. The Morgan fingerprint density at radius 3 is 2.62 bits per heavy atom. The van der Waals surface area contributed by atoms with Crippen molar-refractivity contribution in [2.24, 2.45) is 5.92 Å². The summed E-state index contributed by atoms with van der Waals surface area (Å²) >= 11 is 0. The van der Waals surface area contributed by atoms with E-state index in [9.17, 15) is 4.79 Å². The number of Topliss-reactive ketones (excluding diaryl/α,β-unsaturated/α-hetero) is 1. The molecular formula is C20H22O. The van der Waals surface area contributed by atoms with Crippen molar-refractivity contribution in [2.75, 3.05) is 0 Å². The first-order chi connectivity index (χ1) is 10.2. The molecule has 0 aromatic heterocycles. The largest absolute Gasteiger partial charge is 0.299 e. The van der Waals surface area contributed by atoms with Crippen molar-refractivity contribution in [2.45, 2.75) is 39.0 Å². The fraction of sp³-hybridized carbons (Fsp3) is 0.350. The molecule has 1 aliphatic carbocycles. The van der Waals surface area contributed by atoms with Crippen molar-refractivity contribution in [3.05, 3.63) is 59.7 Å². The molecule has 0 radical (unpaired) electrons. The van der Waals surface area contributed by atoms with Gasteiger partial charge in [0.2, 0.25) is 0 Å². The smallest absolute Gasteiger partial charge is 0.136 e. The van der Waals surface area contributed by atoms with Crippen molar-refractivity contribution >= 4 is 5.78 Å². The van der Waals surface area contributed by atoms with Gasteiger partial charge in [0, 0.05) is 12.3 Å². The highest BCUT2D eigenvalue weighted by atomic mass is 16.1. The molecule has 1 aliphatic rings. The Balaban J connectivity index is 1.86. The molecule has 0 aliphatic heterocycles. The third-order valence-corrected chi connectivity index (χ3v) is 4.55. The molecule has 1 atom stereocenters. The van der Waals surface area contributed by atoms with E-state index in [1.807, 2.05) is 6.07 Å². The van der Waals surface area contributed by atoms with Crippen LogP contribution in [0.15, 0.2) is 48.5 Å². The highest BCUT2D eigenvalue weighted by Gasteiger charge is 2.22. The normalized spacial score (nSPS) is 18.7. The summed E-state index contributed by atoms with van der Waals surface area (Å²) in [7, 11) is 0. The Morgan fingerprint density at radius 1 is 1.05 bits per heavy atom. The monoisotopic (exact) mass is 278 g/mol. The molecule has 0 N–H and O–H groups in total. The molecule has 1 unspecified atom stereocenters. The second-order valence-electron chi connectivity index (χ2n) is 6.13. The summed E-state index contributed by atoms with van der Waals surface area (Å²) in [6.45, 7) is 2.15. The van der Waals surface area contributed by atoms with Gasteiger partial charge in [-0.1, -0.05) is 55.0 Å². The minimum atomic E-state index is 0.241. The molecule has 0 heterocycles. The van der Waals surface area contributed by atoms with Crippen LogP contribution < -0.4 is 0 Å². The second kappa shape index (κ2) is 6.26. The number of carbonyl (C=O) groups is 1. The van der Waals surface area contributed by atoms with Crippen LogP contribution >= 0.6 is 0 Å². The standard InChI is InChI=1S/C20H22O/c1-15-11-12-16(13-18-9-5-6-10-20(18)21)14-19(15)17-7-3-2-4-8-17/h2-4,7-8,11-12,14,18H,5-6,9-10,13H2,1H3. The highest BCUT2D eigenvalue weighted by molar-refractivity contribution is 5.82. The number of hydrogen-bond acceptors (Lipinski definition) is 1. The average Bonchev–Trinajstić information content (AvgIpc) is 2.52. The van der Waals surface area contributed by atoms with Gasteiger partial charge < -0.3 is 0 Å². The molecule has 2 aromatic carbocycles. The minimum absolute atomic E-state index is 0.241. The Kier molecular flexibility index (Phi) is 4.19. The van der Waals surface area contributed by atoms with E-state index in [0.717, 1.165) is 25.7 Å². The highest BCUT2D eigenvalue weighted by Crippen LogP contribution is 2.28. The van der Waals surface area contributed by atoms with Crippen LogP contribution in [0.3, 0.4) is 0 Å². The van der Waals surface area contributed by atoms with Crippen molar-refractivity contribution < 1.29 is 4.79 Å². The van der Waals surface area contributed by atoms with E-state index in [1.165, 1.54) is 28.7 Å². The Labute approximate surface area is 127 Å². The van der Waals surface area contributed by atoms with Crippen molar-refractivity contribution in [3.8, 4) is 11.1 Å². The summed E-state index contributed by atoms with van der Waals surface area (Å²) in [6.07, 6.45) is 5.03. The molecule has 0 amide bonds. The van der Waals surface area contributed by atoms with Gasteiger partial charge in [0.1, 0.15) is 5.78 Å². The van der Waals surface area contributed by atoms with Gasteiger partial charge in [-0.15, -0.1) is 0 Å². The molecule has 1 nitrogen and oxygen atoms in total. The van der Waals surface area contributed by atoms with Gasteiger partial charge >= 0.3 is 0 Å². The van der Waals surface area contributed by atoms with Crippen LogP contribution in [0.25, 0.3) is 11.1 Å². The van der Waals surface area contributed by atoms with E-state index in [-0.39, 0.29) is 5.92 Å². The number of carbonyl (C=O) groups excluding carboxylic acids is 1. The van der Waals surface area contributed by atoms with Gasteiger partial charge in [0.05, 0.1) is 0 Å².